The molecule has 1 unspecified atom stereocenters. The summed E-state index contributed by atoms with van der Waals surface area (Å²) >= 11 is 3.20. The van der Waals surface area contributed by atoms with Crippen molar-refractivity contribution in [2.75, 3.05) is 13.7 Å². The molecule has 2 aliphatic rings. The highest BCUT2D eigenvalue weighted by Crippen LogP contribution is 2.40. The number of hydrogen-bond donors (Lipinski definition) is 3. The number of nitrogens with one attached hydrogen (secondary N) is 2. The maximum Gasteiger partial charge on any atom is 0.308 e. The molecule has 68 heavy (non-hydrogen) atoms. The first kappa shape index (κ1) is 46.2. The molecule has 0 spiro atoms. The molecule has 4 aromatic heterocycles. The van der Waals surface area contributed by atoms with Gasteiger partial charge in [0.25, 0.3) is 5.89 Å². The summed E-state index contributed by atoms with van der Waals surface area (Å²) in [7, 11) is 1.36. The Morgan fingerprint density at radius 2 is 1.65 bits per heavy atom. The number of oxazole rings is 1. The molecule has 0 saturated carbocycles. The number of hydrogen-bond acceptors (Lipinski definition) is 14. The molecule has 3 N–H and O–H groups in total. The van der Waals surface area contributed by atoms with E-state index < -0.39 is 53.3 Å². The number of aliphatic imine (C=N–C) groups is 1. The summed E-state index contributed by atoms with van der Waals surface area (Å²) in [5.41, 5.74) is 10.0. The van der Waals surface area contributed by atoms with Crippen LogP contribution in [0.1, 0.15) is 94.8 Å². The lowest BCUT2D eigenvalue weighted by Gasteiger charge is -2.35. The van der Waals surface area contributed by atoms with Crippen LogP contribution >= 0.6 is 22.7 Å². The molecule has 2 aliphatic heterocycles. The van der Waals surface area contributed by atoms with Gasteiger partial charge in [0.2, 0.25) is 11.8 Å². The average Bonchev–Trinajstić information content (AvgIpc) is 4.16. The van der Waals surface area contributed by atoms with Crippen LogP contribution in [0.15, 0.2) is 81.7 Å². The van der Waals surface area contributed by atoms with Gasteiger partial charge in [0.15, 0.2) is 11.4 Å². The summed E-state index contributed by atoms with van der Waals surface area (Å²) < 4.78 is 13.0. The second-order valence-corrected chi connectivity index (χ2v) is 20.4. The fourth-order valence-electron chi connectivity index (χ4n) is 8.76. The molecule has 1 saturated heterocycles. The number of amides is 3. The number of thiophene rings is 1. The highest BCUT2D eigenvalue weighted by molar-refractivity contribution is 7.15. The van der Waals surface area contributed by atoms with Crippen molar-refractivity contribution < 1.29 is 33.4 Å². The molecule has 0 aliphatic carbocycles. The standard InChI is InChI=1S/C50H51N9O7S2/c1-25-27(3)68-49-40(25)41(53-36(21-39(61)65-8)44-57-56-28(4)59(44)49)31-15-13-30(14-16-31)33-17-18-38-35(19-33)54-47(66-38)46(63)55-43(50(5,6)7)48(64)58-23-34(60)20-37(58)45(62)51-22-29-9-11-32(12-10-29)42-26(2)52-24-67-42/h9-19,24,34,36-37,43,60H,20-23H2,1-8H3,(H,51,62)(H,55,63)/t34-,36+,37+,43?/m1/s1. The van der Waals surface area contributed by atoms with Gasteiger partial charge in [-0.15, -0.1) is 32.9 Å². The van der Waals surface area contributed by atoms with Gasteiger partial charge in [-0.2, -0.15) is 0 Å². The van der Waals surface area contributed by atoms with Gasteiger partial charge in [0, 0.05) is 35.5 Å². The first-order valence-electron chi connectivity index (χ1n) is 22.2. The van der Waals surface area contributed by atoms with E-state index >= 15 is 0 Å². The number of ether oxygens (including phenoxy) is 1. The van der Waals surface area contributed by atoms with E-state index in [2.05, 4.69) is 44.6 Å². The molecular weight excluding hydrogens is 903 g/mol. The molecule has 0 bridgehead atoms. The van der Waals surface area contributed by atoms with Gasteiger partial charge in [-0.3, -0.25) is 28.7 Å². The molecule has 7 aromatic rings. The Bertz CT molecular complexity index is 3120. The van der Waals surface area contributed by atoms with Gasteiger partial charge < -0.3 is 29.8 Å². The molecule has 16 nitrogen and oxygen atoms in total. The van der Waals surface area contributed by atoms with Crippen LogP contribution in [0.5, 0.6) is 0 Å². The number of β-amino-alcohol motifs (C(OH)–C–C–N with tert-alkyl or cyclic N) is 1. The summed E-state index contributed by atoms with van der Waals surface area (Å²) in [6.07, 6.45) is -0.850. The van der Waals surface area contributed by atoms with E-state index in [0.717, 1.165) is 65.1 Å². The molecule has 1 fully saturated rings. The number of thiazole rings is 1. The number of methoxy groups -OCH3 is 1. The van der Waals surface area contributed by atoms with Crippen LogP contribution in [0, 0.1) is 33.1 Å². The average molecular weight is 954 g/mol. The summed E-state index contributed by atoms with van der Waals surface area (Å²) in [4.78, 5) is 72.0. The van der Waals surface area contributed by atoms with Crippen molar-refractivity contribution in [2.45, 2.75) is 92.1 Å². The largest absolute Gasteiger partial charge is 0.469 e. The zero-order valence-corrected chi connectivity index (χ0v) is 40.5. The molecule has 0 radical (unpaired) electrons. The van der Waals surface area contributed by atoms with E-state index in [1.807, 2.05) is 105 Å². The van der Waals surface area contributed by atoms with Crippen LogP contribution in [0.4, 0.5) is 0 Å². The smallest absolute Gasteiger partial charge is 0.308 e. The van der Waals surface area contributed by atoms with Crippen molar-refractivity contribution in [1.29, 1.82) is 0 Å². The molecule has 4 atom stereocenters. The van der Waals surface area contributed by atoms with Gasteiger partial charge in [0.05, 0.1) is 41.4 Å². The summed E-state index contributed by atoms with van der Waals surface area (Å²) in [6, 6.07) is 18.6. The third-order valence-corrected chi connectivity index (χ3v) is 14.8. The van der Waals surface area contributed by atoms with Crippen molar-refractivity contribution in [3.8, 4) is 26.6 Å². The quantitative estimate of drug-likeness (QED) is 0.109. The number of aliphatic hydroxyl groups is 1. The monoisotopic (exact) mass is 953 g/mol. The number of nitrogens with zero attached hydrogens (tertiary/aromatic N) is 7. The first-order chi connectivity index (χ1) is 32.5. The third kappa shape index (κ3) is 8.86. The van der Waals surface area contributed by atoms with Crippen LogP contribution in [-0.2, 0) is 25.7 Å². The fourth-order valence-corrected chi connectivity index (χ4v) is 10.8. The second kappa shape index (κ2) is 18.3. The highest BCUT2D eigenvalue weighted by atomic mass is 32.1. The van der Waals surface area contributed by atoms with Crippen LogP contribution in [-0.4, -0.2) is 96.0 Å². The van der Waals surface area contributed by atoms with Gasteiger partial charge in [-0.05, 0) is 73.1 Å². The lowest BCUT2D eigenvalue weighted by atomic mass is 9.85. The minimum atomic E-state index is -1.09. The van der Waals surface area contributed by atoms with Gasteiger partial charge in [-0.1, -0.05) is 75.4 Å². The lowest BCUT2D eigenvalue weighted by Crippen LogP contribution is -2.57. The normalized spacial score (nSPS) is 17.3. The van der Waals surface area contributed by atoms with E-state index in [1.54, 1.807) is 28.7 Å². The van der Waals surface area contributed by atoms with Crippen molar-refractivity contribution in [3.05, 3.63) is 123 Å². The summed E-state index contributed by atoms with van der Waals surface area (Å²) in [5.74, 6) is -0.942. The van der Waals surface area contributed by atoms with E-state index in [4.69, 9.17) is 14.1 Å². The van der Waals surface area contributed by atoms with E-state index in [9.17, 15) is 24.3 Å². The Kier molecular flexibility index (Phi) is 12.4. The number of aryl methyl sites for hydroxylation is 3. The maximum atomic E-state index is 14.3. The molecule has 3 aromatic carbocycles. The van der Waals surface area contributed by atoms with E-state index in [0.29, 0.717) is 22.7 Å². The van der Waals surface area contributed by atoms with Crippen LogP contribution < -0.4 is 10.6 Å². The van der Waals surface area contributed by atoms with Crippen molar-refractivity contribution in [2.24, 2.45) is 10.4 Å². The Morgan fingerprint density at radius 3 is 2.34 bits per heavy atom. The maximum absolute atomic E-state index is 14.3. The zero-order chi connectivity index (χ0) is 48.2. The predicted molar refractivity (Wildman–Crippen MR) is 259 cm³/mol. The van der Waals surface area contributed by atoms with Crippen LogP contribution in [0.3, 0.4) is 0 Å². The van der Waals surface area contributed by atoms with E-state index in [1.165, 1.54) is 12.0 Å². The Balaban J connectivity index is 0.908. The first-order valence-corrected chi connectivity index (χ1v) is 23.9. The number of carbonyl (C=O) groups excluding carboxylic acids is 4. The number of aliphatic hydroxyl groups excluding tert-OH is 1. The zero-order valence-electron chi connectivity index (χ0n) is 38.9. The molecule has 3 amide bonds. The fraction of sp³-hybridized carbons (Fsp3) is 0.340. The van der Waals surface area contributed by atoms with Gasteiger partial charge >= 0.3 is 11.9 Å². The highest BCUT2D eigenvalue weighted by Gasteiger charge is 2.45. The molecule has 6 heterocycles. The number of fused-ring (bicyclic) bond motifs is 4. The summed E-state index contributed by atoms with van der Waals surface area (Å²) in [6.45, 7) is 13.6. The van der Waals surface area contributed by atoms with Crippen LogP contribution in [0.2, 0.25) is 0 Å². The van der Waals surface area contributed by atoms with Gasteiger partial charge in [-0.25, -0.2) is 9.97 Å². The minimum absolute atomic E-state index is 0.00203. The number of rotatable bonds is 11. The topological polar surface area (TPSA) is 207 Å². The molecule has 9 rings (SSSR count). The molecular formula is C50H51N9O7S2. The number of benzene rings is 3. The Hall–Kier alpha value is -6.89. The lowest BCUT2D eigenvalue weighted by molar-refractivity contribution is -0.142. The predicted octanol–water partition coefficient (Wildman–Crippen LogP) is 7.37. The second-order valence-electron chi connectivity index (χ2n) is 18.3. The van der Waals surface area contributed by atoms with E-state index in [-0.39, 0.29) is 31.8 Å². The Morgan fingerprint density at radius 1 is 0.941 bits per heavy atom. The number of likely N-dealkylation sites (tertiary alicyclic amines) is 1. The SMILES string of the molecule is COC(=O)C[C@@H]1N=C(c2ccc(-c3ccc4oc(C(=O)NC(C(=O)N5C[C@H](O)C[C@H]5C(=O)NCc5ccc(-c6scnc6C)cc5)C(C)(C)C)nc4c3)cc2)c2c(sc(C)c2C)-n2c(C)nnc21. The number of carbonyl (C=O) groups is 4. The molecule has 350 valence electrons. The Labute approximate surface area is 400 Å². The van der Waals surface area contributed by atoms with Crippen molar-refractivity contribution in [3.63, 3.8) is 0 Å². The van der Waals surface area contributed by atoms with Crippen molar-refractivity contribution >= 4 is 63.2 Å². The summed E-state index contributed by atoms with van der Waals surface area (Å²) in [5, 5.41) is 26.2. The van der Waals surface area contributed by atoms with Crippen molar-refractivity contribution in [1.82, 2.24) is 40.3 Å². The third-order valence-electron chi connectivity index (χ3n) is 12.6. The molecule has 18 heteroatoms. The van der Waals surface area contributed by atoms with Crippen LogP contribution in [0.25, 0.3) is 37.7 Å². The number of esters is 1. The van der Waals surface area contributed by atoms with Gasteiger partial charge in [0.1, 0.15) is 34.5 Å². The minimum Gasteiger partial charge on any atom is -0.469 e. The number of aromatic nitrogens is 5.